The molecule has 7 nitrogen and oxygen atoms in total. The van der Waals surface area contributed by atoms with E-state index < -0.39 is 0 Å². The first-order chi connectivity index (χ1) is 18.5. The van der Waals surface area contributed by atoms with Gasteiger partial charge in [0.1, 0.15) is 17.1 Å². The molecular weight excluding hydrogens is 519 g/mol. The van der Waals surface area contributed by atoms with Crippen LogP contribution in [0.4, 0.5) is 5.82 Å². The number of methoxy groups -OCH3 is 1. The molecule has 2 N–H and O–H groups in total. The van der Waals surface area contributed by atoms with Crippen molar-refractivity contribution in [2.24, 2.45) is 5.41 Å². The monoisotopic (exact) mass is 550 g/mol. The van der Waals surface area contributed by atoms with Gasteiger partial charge in [-0.15, -0.1) is 0 Å². The van der Waals surface area contributed by atoms with Crippen LogP contribution in [0.5, 0.6) is 5.75 Å². The van der Waals surface area contributed by atoms with Crippen LogP contribution in [0.15, 0.2) is 48.7 Å². The molecule has 38 heavy (non-hydrogen) atoms. The molecule has 2 aromatic heterocycles. The van der Waals surface area contributed by atoms with E-state index in [1.165, 1.54) is 24.8 Å². The summed E-state index contributed by atoms with van der Waals surface area (Å²) in [5.41, 5.74) is 4.41. The zero-order valence-electron chi connectivity index (χ0n) is 21.7. The van der Waals surface area contributed by atoms with Crippen molar-refractivity contribution in [1.82, 2.24) is 25.5 Å². The fourth-order valence-electron chi connectivity index (χ4n) is 6.29. The fraction of sp³-hybridized carbons (Fsp3) is 0.414. The lowest BCUT2D eigenvalue weighted by molar-refractivity contribution is 0.163. The molecule has 0 unspecified atom stereocenters. The van der Waals surface area contributed by atoms with Gasteiger partial charge in [-0.05, 0) is 61.8 Å². The first-order valence-electron chi connectivity index (χ1n) is 13.3. The van der Waals surface area contributed by atoms with Gasteiger partial charge in [-0.2, -0.15) is 5.10 Å². The van der Waals surface area contributed by atoms with E-state index in [-0.39, 0.29) is 0 Å². The maximum Gasteiger partial charge on any atom is 0.202 e. The van der Waals surface area contributed by atoms with Crippen molar-refractivity contribution in [3.63, 3.8) is 0 Å². The zero-order valence-corrected chi connectivity index (χ0v) is 23.2. The molecule has 0 amide bonds. The van der Waals surface area contributed by atoms with Crippen molar-refractivity contribution in [1.29, 1.82) is 0 Å². The van der Waals surface area contributed by atoms with Crippen LogP contribution in [0.25, 0.3) is 22.4 Å². The zero-order chi connectivity index (χ0) is 26.3. The van der Waals surface area contributed by atoms with E-state index in [1.54, 1.807) is 13.2 Å². The summed E-state index contributed by atoms with van der Waals surface area (Å²) in [5, 5.41) is 12.4. The van der Waals surface area contributed by atoms with Crippen LogP contribution < -0.4 is 15.0 Å². The van der Waals surface area contributed by atoms with Crippen molar-refractivity contribution in [2.75, 3.05) is 25.1 Å². The third-order valence-electron chi connectivity index (χ3n) is 8.53. The number of nitrogens with zero attached hydrogens (tertiary/aromatic N) is 4. The Labute approximate surface area is 232 Å². The molecule has 1 saturated heterocycles. The molecule has 9 heteroatoms. The first-order valence-corrected chi connectivity index (χ1v) is 14.0. The molecule has 2 atom stereocenters. The van der Waals surface area contributed by atoms with Crippen LogP contribution in [-0.4, -0.2) is 46.4 Å². The van der Waals surface area contributed by atoms with E-state index in [2.05, 4.69) is 39.5 Å². The number of rotatable bonds is 6. The minimum atomic E-state index is 0.300. The number of ether oxygens (including phenoxy) is 1. The smallest absolute Gasteiger partial charge is 0.202 e. The molecule has 2 aromatic carbocycles. The van der Waals surface area contributed by atoms with Crippen molar-refractivity contribution in [3.05, 3.63) is 64.3 Å². The Morgan fingerprint density at radius 3 is 2.66 bits per heavy atom. The SMILES string of the molecule is COc1ccc([C@@H](C)N[C@@H]2CCCC23CCN(c2cnc4c(-c5cccc(Cl)c5Cl)[nH]nc4n2)CC3)cc1. The second-order valence-corrected chi connectivity index (χ2v) is 11.3. The van der Waals surface area contributed by atoms with Gasteiger partial charge in [0.05, 0.1) is 29.0 Å². The van der Waals surface area contributed by atoms with E-state index in [9.17, 15) is 0 Å². The Morgan fingerprint density at radius 2 is 1.89 bits per heavy atom. The maximum absolute atomic E-state index is 6.44. The average molecular weight is 552 g/mol. The van der Waals surface area contributed by atoms with E-state index in [0.29, 0.717) is 38.7 Å². The minimum absolute atomic E-state index is 0.300. The highest BCUT2D eigenvalue weighted by molar-refractivity contribution is 6.43. The molecule has 1 aliphatic heterocycles. The summed E-state index contributed by atoms with van der Waals surface area (Å²) < 4.78 is 5.32. The number of halogens is 2. The van der Waals surface area contributed by atoms with Gasteiger partial charge in [-0.3, -0.25) is 5.10 Å². The number of hydrogen-bond donors (Lipinski definition) is 2. The van der Waals surface area contributed by atoms with Crippen molar-refractivity contribution >= 4 is 40.2 Å². The molecule has 6 rings (SSSR count). The van der Waals surface area contributed by atoms with Crippen LogP contribution in [0.3, 0.4) is 0 Å². The lowest BCUT2D eigenvalue weighted by atomic mass is 9.73. The molecule has 3 heterocycles. The van der Waals surface area contributed by atoms with Crippen LogP contribution >= 0.6 is 23.2 Å². The third-order valence-corrected chi connectivity index (χ3v) is 9.35. The number of aromatic nitrogens is 4. The predicted molar refractivity (Wildman–Crippen MR) is 153 cm³/mol. The molecule has 1 saturated carbocycles. The quantitative estimate of drug-likeness (QED) is 0.274. The van der Waals surface area contributed by atoms with Gasteiger partial charge in [0.2, 0.25) is 5.65 Å². The van der Waals surface area contributed by atoms with Gasteiger partial charge >= 0.3 is 0 Å². The Kier molecular flexibility index (Phi) is 6.93. The molecule has 4 aromatic rings. The van der Waals surface area contributed by atoms with E-state index in [1.807, 2.05) is 30.5 Å². The number of aromatic amines is 1. The van der Waals surface area contributed by atoms with Crippen molar-refractivity contribution in [2.45, 2.75) is 51.1 Å². The normalized spacial score (nSPS) is 19.8. The molecule has 198 valence electrons. The molecular formula is C29H32Cl2N6O. The Hall–Kier alpha value is -2.87. The highest BCUT2D eigenvalue weighted by Crippen LogP contribution is 2.47. The average Bonchev–Trinajstić information content (AvgIpc) is 3.54. The number of anilines is 1. The summed E-state index contributed by atoms with van der Waals surface area (Å²) >= 11 is 12.7. The number of benzene rings is 2. The van der Waals surface area contributed by atoms with Gasteiger partial charge in [-0.1, -0.05) is 53.9 Å². The third kappa shape index (κ3) is 4.61. The standard InChI is InChI=1S/C29H32Cl2N6O/c1-18(19-8-10-20(38-2)11-9-19)33-23-7-4-12-29(23)13-15-37(16-14-29)24-17-32-27-26(35-36-28(27)34-24)21-5-3-6-22(30)25(21)31/h3,5-6,8-11,17-18,23,33H,4,7,12-16H2,1-2H3,(H,34,35,36)/t18-,23-/m1/s1. The Morgan fingerprint density at radius 1 is 1.11 bits per heavy atom. The second kappa shape index (κ2) is 10.4. The number of H-pyrrole nitrogens is 1. The molecule has 0 radical (unpaired) electrons. The fourth-order valence-corrected chi connectivity index (χ4v) is 6.69. The number of piperidine rings is 1. The van der Waals surface area contributed by atoms with Crippen LogP contribution in [0.1, 0.15) is 50.6 Å². The van der Waals surface area contributed by atoms with Gasteiger partial charge in [0.15, 0.2) is 0 Å². The number of nitrogens with one attached hydrogen (secondary N) is 2. The van der Waals surface area contributed by atoms with Gasteiger partial charge < -0.3 is 15.0 Å². The Bertz CT molecular complexity index is 1430. The number of hydrogen-bond acceptors (Lipinski definition) is 6. The Balaban J connectivity index is 1.15. The molecule has 2 fully saturated rings. The van der Waals surface area contributed by atoms with Crippen LogP contribution in [0.2, 0.25) is 10.0 Å². The summed E-state index contributed by atoms with van der Waals surface area (Å²) in [6.07, 6.45) is 7.93. The van der Waals surface area contributed by atoms with Crippen LogP contribution in [0, 0.1) is 5.41 Å². The van der Waals surface area contributed by atoms with Gasteiger partial charge in [0.25, 0.3) is 0 Å². The number of fused-ring (bicyclic) bond motifs is 1. The summed E-state index contributed by atoms with van der Waals surface area (Å²) in [5.74, 6) is 1.77. The van der Waals surface area contributed by atoms with Gasteiger partial charge in [0, 0.05) is 30.7 Å². The molecule has 1 aliphatic carbocycles. The molecule has 2 aliphatic rings. The summed E-state index contributed by atoms with van der Waals surface area (Å²) in [6, 6.07) is 14.8. The highest BCUT2D eigenvalue weighted by atomic mass is 35.5. The highest BCUT2D eigenvalue weighted by Gasteiger charge is 2.45. The molecule has 0 bridgehead atoms. The van der Waals surface area contributed by atoms with E-state index in [0.717, 1.165) is 48.8 Å². The van der Waals surface area contributed by atoms with Crippen LogP contribution in [-0.2, 0) is 0 Å². The first kappa shape index (κ1) is 25.4. The second-order valence-electron chi connectivity index (χ2n) is 10.6. The lowest BCUT2D eigenvalue weighted by Gasteiger charge is -2.44. The summed E-state index contributed by atoms with van der Waals surface area (Å²) in [7, 11) is 1.71. The minimum Gasteiger partial charge on any atom is -0.497 e. The van der Waals surface area contributed by atoms with Crippen molar-refractivity contribution < 1.29 is 4.74 Å². The lowest BCUT2D eigenvalue weighted by Crippen LogP contribution is -2.49. The summed E-state index contributed by atoms with van der Waals surface area (Å²) in [4.78, 5) is 11.9. The summed E-state index contributed by atoms with van der Waals surface area (Å²) in [6.45, 7) is 4.20. The largest absolute Gasteiger partial charge is 0.497 e. The van der Waals surface area contributed by atoms with E-state index >= 15 is 0 Å². The maximum atomic E-state index is 6.44. The van der Waals surface area contributed by atoms with Gasteiger partial charge in [-0.25, -0.2) is 9.97 Å². The van der Waals surface area contributed by atoms with E-state index in [4.69, 9.17) is 37.9 Å². The topological polar surface area (TPSA) is 79.0 Å². The predicted octanol–water partition coefficient (Wildman–Crippen LogP) is 6.83. The van der Waals surface area contributed by atoms with Crippen molar-refractivity contribution in [3.8, 4) is 17.0 Å². The molecule has 1 spiro atoms.